The van der Waals surface area contributed by atoms with Gasteiger partial charge in [0.2, 0.25) is 0 Å². The summed E-state index contributed by atoms with van der Waals surface area (Å²) < 4.78 is 19.7. The van der Waals surface area contributed by atoms with E-state index < -0.39 is 6.10 Å². The van der Waals surface area contributed by atoms with E-state index in [0.717, 1.165) is 91.0 Å². The molecule has 2 atom stereocenters. The Balaban J connectivity index is 0.000000159. The Labute approximate surface area is 379 Å². The van der Waals surface area contributed by atoms with Crippen LogP contribution in [0.4, 0.5) is 4.39 Å². The van der Waals surface area contributed by atoms with Gasteiger partial charge >= 0.3 is 0 Å². The van der Waals surface area contributed by atoms with Gasteiger partial charge in [0, 0.05) is 125 Å². The Hall–Kier alpha value is -4.43. The molecule has 8 aromatic rings. The maximum absolute atomic E-state index is 13.1. The van der Waals surface area contributed by atoms with E-state index in [2.05, 4.69) is 164 Å². The molecule has 2 aliphatic rings. The molecule has 0 bridgehead atoms. The van der Waals surface area contributed by atoms with Crippen molar-refractivity contribution in [3.8, 4) is 11.1 Å². The van der Waals surface area contributed by atoms with E-state index in [1.54, 1.807) is 0 Å². The number of β-amino-alcohol motifs (C(OH)–C–C–N with tert-alkyl or cyclic N) is 2. The number of benzene rings is 6. The highest BCUT2D eigenvalue weighted by Crippen LogP contribution is 2.35. The van der Waals surface area contributed by atoms with Crippen LogP contribution in [0, 0.1) is 5.82 Å². The van der Waals surface area contributed by atoms with Crippen LogP contribution in [-0.2, 0) is 19.6 Å². The van der Waals surface area contributed by atoms with Crippen molar-refractivity contribution in [1.82, 2.24) is 29.2 Å². The smallest absolute Gasteiger partial charge is 0.123 e. The molecule has 8 nitrogen and oxygen atoms in total. The van der Waals surface area contributed by atoms with Gasteiger partial charge in [-0.1, -0.05) is 98.6 Å². The first-order valence-corrected chi connectivity index (χ1v) is 23.3. The van der Waals surface area contributed by atoms with Gasteiger partial charge in [0.05, 0.1) is 25.3 Å². The van der Waals surface area contributed by atoms with Crippen LogP contribution in [0.5, 0.6) is 0 Å². The molecular formula is C51H53Br2FN6O2. The Morgan fingerprint density at radius 3 is 1.60 bits per heavy atom. The number of aliphatic hydroxyl groups is 2. The number of piperazine rings is 2. The predicted molar refractivity (Wildman–Crippen MR) is 259 cm³/mol. The van der Waals surface area contributed by atoms with Crippen molar-refractivity contribution in [3.05, 3.63) is 154 Å². The van der Waals surface area contributed by atoms with Gasteiger partial charge in [-0.25, -0.2) is 4.39 Å². The summed E-state index contributed by atoms with van der Waals surface area (Å²) in [6.07, 6.45) is -0.847. The maximum Gasteiger partial charge on any atom is 0.123 e. The fourth-order valence-electron chi connectivity index (χ4n) is 9.31. The van der Waals surface area contributed by atoms with E-state index >= 15 is 0 Å². The first kappa shape index (κ1) is 42.9. The van der Waals surface area contributed by atoms with E-state index in [1.165, 1.54) is 55.8 Å². The third-order valence-electron chi connectivity index (χ3n) is 12.4. The van der Waals surface area contributed by atoms with Crippen molar-refractivity contribution in [2.45, 2.75) is 31.8 Å². The number of fused-ring (bicyclic) bond motifs is 6. The van der Waals surface area contributed by atoms with Crippen LogP contribution >= 0.6 is 31.9 Å². The van der Waals surface area contributed by atoms with Crippen molar-refractivity contribution >= 4 is 75.5 Å². The molecule has 2 unspecified atom stereocenters. The molecule has 2 aromatic heterocycles. The monoisotopic (exact) mass is 958 g/mol. The number of aliphatic hydroxyl groups excluding tert-OH is 2. The molecule has 6 aromatic carbocycles. The number of hydrogen-bond acceptors (Lipinski definition) is 6. The summed E-state index contributed by atoms with van der Waals surface area (Å²) in [6, 6.07) is 45.1. The van der Waals surface area contributed by atoms with Crippen molar-refractivity contribution in [2.24, 2.45) is 0 Å². The molecule has 10 rings (SSSR count). The number of nitrogens with one attached hydrogen (secondary N) is 1. The molecule has 3 N–H and O–H groups in total. The first-order valence-electron chi connectivity index (χ1n) is 21.7. The van der Waals surface area contributed by atoms with Gasteiger partial charge in [-0.2, -0.15) is 0 Å². The molecule has 0 aliphatic carbocycles. The van der Waals surface area contributed by atoms with Gasteiger partial charge in [0.25, 0.3) is 0 Å². The number of aromatic nitrogens is 2. The zero-order valence-corrected chi connectivity index (χ0v) is 38.0. The minimum Gasteiger partial charge on any atom is -0.390 e. The van der Waals surface area contributed by atoms with Crippen molar-refractivity contribution < 1.29 is 14.6 Å². The Morgan fingerprint density at radius 1 is 0.484 bits per heavy atom. The summed E-state index contributed by atoms with van der Waals surface area (Å²) in [5.41, 5.74) is 8.23. The molecule has 2 saturated heterocycles. The van der Waals surface area contributed by atoms with E-state index in [-0.39, 0.29) is 11.9 Å². The summed E-state index contributed by atoms with van der Waals surface area (Å²) in [5.74, 6) is -0.193. The standard InChI is InChI=1S/C26H26Br2FN3O.C25H27N3O/c27-19-3-7-25-23(13-19)24-14-20(28)4-8-26(24)32(25)17-22(33)16-31-11-9-30(10-12-31)15-18-1-5-21(29)6-2-18;29-21(17-27-14-12-26-13-15-27)18-28-24-9-5-4-8-22(24)23-16-20(10-11-25(23)28)19-6-2-1-3-7-19/h1-8,13-14,22,33H,9-12,15-17H2;1-11,16,21,26,29H,12-15,17-18H2. The molecule has 4 heterocycles. The lowest BCUT2D eigenvalue weighted by molar-refractivity contribution is 0.0634. The van der Waals surface area contributed by atoms with E-state index in [9.17, 15) is 14.6 Å². The number of para-hydroxylation sites is 1. The normalized spacial score (nSPS) is 16.5. The minimum atomic E-state index is -0.459. The Morgan fingerprint density at radius 2 is 0.984 bits per heavy atom. The minimum absolute atomic E-state index is 0.193. The fourth-order valence-corrected chi connectivity index (χ4v) is 10.0. The second-order valence-corrected chi connectivity index (χ2v) is 18.6. The highest BCUT2D eigenvalue weighted by Gasteiger charge is 2.22. The molecule has 0 saturated carbocycles. The third kappa shape index (κ3) is 9.86. The lowest BCUT2D eigenvalue weighted by atomic mass is 10.0. The van der Waals surface area contributed by atoms with Crippen LogP contribution in [0.3, 0.4) is 0 Å². The van der Waals surface area contributed by atoms with E-state index in [1.807, 2.05) is 18.2 Å². The summed E-state index contributed by atoms with van der Waals surface area (Å²) in [7, 11) is 0. The van der Waals surface area contributed by atoms with Gasteiger partial charge in [-0.15, -0.1) is 0 Å². The summed E-state index contributed by atoms with van der Waals surface area (Å²) >= 11 is 7.19. The quantitative estimate of drug-likeness (QED) is 0.120. The van der Waals surface area contributed by atoms with Crippen LogP contribution in [0.1, 0.15) is 5.56 Å². The lowest BCUT2D eigenvalue weighted by Crippen LogP contribution is -2.48. The number of halogens is 3. The van der Waals surface area contributed by atoms with Crippen molar-refractivity contribution in [3.63, 3.8) is 0 Å². The first-order chi connectivity index (χ1) is 30.3. The largest absolute Gasteiger partial charge is 0.390 e. The SMILES string of the molecule is OC(CN1CCN(Cc2ccc(F)cc2)CC1)Cn1c2ccc(Br)cc2c2cc(Br)ccc21.OC(CN1CCNCC1)Cn1c2ccccc2c2cc(-c3ccccc3)ccc21. The highest BCUT2D eigenvalue weighted by atomic mass is 79.9. The van der Waals surface area contributed by atoms with E-state index in [4.69, 9.17) is 0 Å². The molecule has 2 aliphatic heterocycles. The zero-order chi connectivity index (χ0) is 42.6. The average Bonchev–Trinajstić information content (AvgIpc) is 3.76. The maximum atomic E-state index is 13.1. The summed E-state index contributed by atoms with van der Waals surface area (Å²) in [6.45, 7) is 11.1. The van der Waals surface area contributed by atoms with Crippen molar-refractivity contribution in [1.29, 1.82) is 0 Å². The van der Waals surface area contributed by atoms with Crippen LogP contribution in [0.25, 0.3) is 54.7 Å². The van der Waals surface area contributed by atoms with Gasteiger partial charge in [0.1, 0.15) is 5.82 Å². The lowest BCUT2D eigenvalue weighted by Gasteiger charge is -2.35. The third-order valence-corrected chi connectivity index (χ3v) is 13.4. The second kappa shape index (κ2) is 19.5. The van der Waals surface area contributed by atoms with E-state index in [0.29, 0.717) is 19.6 Å². The number of nitrogens with zero attached hydrogens (tertiary/aromatic N) is 5. The highest BCUT2D eigenvalue weighted by molar-refractivity contribution is 9.10. The molecule has 0 radical (unpaired) electrons. The summed E-state index contributed by atoms with van der Waals surface area (Å²) in [5, 5.41) is 30.1. The van der Waals surface area contributed by atoms with Gasteiger partial charge in [-0.3, -0.25) is 14.7 Å². The van der Waals surface area contributed by atoms with Crippen LogP contribution in [0.15, 0.2) is 142 Å². The fraction of sp³-hybridized carbons (Fsp3) is 0.294. The number of rotatable bonds is 11. The number of hydrogen-bond donors (Lipinski definition) is 3. The van der Waals surface area contributed by atoms with Crippen LogP contribution in [0.2, 0.25) is 0 Å². The Kier molecular flexibility index (Phi) is 13.5. The average molecular weight is 961 g/mol. The van der Waals surface area contributed by atoms with Crippen molar-refractivity contribution in [2.75, 3.05) is 65.4 Å². The molecular weight excluding hydrogens is 907 g/mol. The molecule has 320 valence electrons. The van der Waals surface area contributed by atoms with Gasteiger partial charge < -0.3 is 24.7 Å². The molecule has 0 amide bonds. The predicted octanol–water partition coefficient (Wildman–Crippen LogP) is 9.36. The van der Waals surface area contributed by atoms with Gasteiger partial charge in [0.15, 0.2) is 0 Å². The zero-order valence-electron chi connectivity index (χ0n) is 34.8. The molecule has 62 heavy (non-hydrogen) atoms. The van der Waals surface area contributed by atoms with Crippen LogP contribution < -0.4 is 5.32 Å². The molecule has 2 fully saturated rings. The topological polar surface area (TPSA) is 72.1 Å². The van der Waals surface area contributed by atoms with Crippen LogP contribution in [-0.4, -0.2) is 112 Å². The second-order valence-electron chi connectivity index (χ2n) is 16.7. The molecule has 11 heteroatoms. The molecule has 0 spiro atoms. The Bertz CT molecular complexity index is 2700. The van der Waals surface area contributed by atoms with Gasteiger partial charge in [-0.05, 0) is 83.4 Å². The summed E-state index contributed by atoms with van der Waals surface area (Å²) in [4.78, 5) is 7.08.